The molecule has 3 aromatic rings. The first kappa shape index (κ1) is 30.5. The summed E-state index contributed by atoms with van der Waals surface area (Å²) in [5.74, 6) is -0.907. The molecule has 3 rings (SSSR count). The quantitative estimate of drug-likeness (QED) is 0.308. The molecule has 2 amide bonds. The SMILES string of the molecule is CCCNC(=O)[C@H](C)N(Cc1ccc(Cl)cc1Cl)C(=O)CN(c1ccc(C)cc1)S(=O)(=O)c1ccc(C)cc1. The maximum Gasteiger partial charge on any atom is 0.264 e. The van der Waals surface area contributed by atoms with Gasteiger partial charge in [-0.15, -0.1) is 0 Å². The summed E-state index contributed by atoms with van der Waals surface area (Å²) in [6.45, 7) is 7.21. The molecule has 208 valence electrons. The van der Waals surface area contributed by atoms with Crippen molar-refractivity contribution in [3.8, 4) is 0 Å². The summed E-state index contributed by atoms with van der Waals surface area (Å²) in [6, 6.07) is 17.3. The fourth-order valence-corrected chi connectivity index (χ4v) is 5.77. The fourth-order valence-electron chi connectivity index (χ4n) is 3.89. The summed E-state index contributed by atoms with van der Waals surface area (Å²) < 4.78 is 28.7. The maximum absolute atomic E-state index is 13.9. The molecule has 10 heteroatoms. The van der Waals surface area contributed by atoms with E-state index in [1.807, 2.05) is 20.8 Å². The van der Waals surface area contributed by atoms with Crippen molar-refractivity contribution in [1.82, 2.24) is 10.2 Å². The smallest absolute Gasteiger partial charge is 0.264 e. The summed E-state index contributed by atoms with van der Waals surface area (Å²) in [5, 5.41) is 3.58. The highest BCUT2D eigenvalue weighted by Crippen LogP contribution is 2.27. The van der Waals surface area contributed by atoms with Crippen LogP contribution in [0.3, 0.4) is 0 Å². The third kappa shape index (κ3) is 7.75. The maximum atomic E-state index is 13.9. The van der Waals surface area contributed by atoms with E-state index >= 15 is 0 Å². The van der Waals surface area contributed by atoms with Crippen molar-refractivity contribution >= 4 is 50.7 Å². The normalized spacial score (nSPS) is 12.1. The van der Waals surface area contributed by atoms with Gasteiger partial charge >= 0.3 is 0 Å². The summed E-state index contributed by atoms with van der Waals surface area (Å²) in [5.41, 5.74) is 2.76. The van der Waals surface area contributed by atoms with Gasteiger partial charge in [0, 0.05) is 23.1 Å². The monoisotopic (exact) mass is 589 g/mol. The highest BCUT2D eigenvalue weighted by atomic mass is 35.5. The lowest BCUT2D eigenvalue weighted by Gasteiger charge is -2.32. The van der Waals surface area contributed by atoms with E-state index in [2.05, 4.69) is 5.32 Å². The summed E-state index contributed by atoms with van der Waals surface area (Å²) in [6.07, 6.45) is 0.728. The van der Waals surface area contributed by atoms with Crippen LogP contribution < -0.4 is 9.62 Å². The number of hydrogen-bond donors (Lipinski definition) is 1. The second-order valence-corrected chi connectivity index (χ2v) is 12.1. The van der Waals surface area contributed by atoms with E-state index in [1.54, 1.807) is 61.5 Å². The van der Waals surface area contributed by atoms with Crippen molar-refractivity contribution in [3.63, 3.8) is 0 Å². The molecule has 0 aromatic heterocycles. The van der Waals surface area contributed by atoms with Gasteiger partial charge in [-0.2, -0.15) is 0 Å². The Hall–Kier alpha value is -3.07. The molecule has 0 aliphatic heterocycles. The number of anilines is 1. The molecule has 3 aromatic carbocycles. The predicted molar refractivity (Wildman–Crippen MR) is 157 cm³/mol. The molecule has 39 heavy (non-hydrogen) atoms. The molecule has 0 radical (unpaired) electrons. The van der Waals surface area contributed by atoms with Gasteiger partial charge < -0.3 is 10.2 Å². The zero-order valence-corrected chi connectivity index (χ0v) is 24.8. The minimum atomic E-state index is -4.12. The number of nitrogens with one attached hydrogen (secondary N) is 1. The highest BCUT2D eigenvalue weighted by molar-refractivity contribution is 7.92. The third-order valence-corrected chi connectivity index (χ3v) is 8.66. The lowest BCUT2D eigenvalue weighted by Crippen LogP contribution is -2.51. The van der Waals surface area contributed by atoms with Gasteiger partial charge in [0.2, 0.25) is 11.8 Å². The van der Waals surface area contributed by atoms with Gasteiger partial charge in [0.25, 0.3) is 10.0 Å². The Morgan fingerprint density at radius 2 is 1.51 bits per heavy atom. The summed E-state index contributed by atoms with van der Waals surface area (Å²) in [7, 11) is -4.12. The van der Waals surface area contributed by atoms with Crippen molar-refractivity contribution in [2.24, 2.45) is 0 Å². The van der Waals surface area contributed by atoms with Crippen molar-refractivity contribution < 1.29 is 18.0 Å². The van der Waals surface area contributed by atoms with Crippen LogP contribution in [0.2, 0.25) is 10.0 Å². The zero-order valence-electron chi connectivity index (χ0n) is 22.4. The molecule has 0 saturated carbocycles. The van der Waals surface area contributed by atoms with Crippen molar-refractivity contribution in [1.29, 1.82) is 0 Å². The van der Waals surface area contributed by atoms with Crippen LogP contribution in [0.5, 0.6) is 0 Å². The molecule has 0 aliphatic rings. The number of carbonyl (C=O) groups is 2. The van der Waals surface area contributed by atoms with Crippen molar-refractivity contribution in [3.05, 3.63) is 93.5 Å². The molecular weight excluding hydrogens is 557 g/mol. The standard InChI is InChI=1S/C29H33Cl2N3O4S/c1-5-16-32-29(36)22(4)33(18-23-10-11-24(30)17-27(23)31)28(35)19-34(25-12-6-20(2)7-13-25)39(37,38)26-14-8-21(3)9-15-26/h6-15,17,22H,5,16,18-19H2,1-4H3,(H,32,36)/t22-/m0/s1. The number of nitrogens with zero attached hydrogens (tertiary/aromatic N) is 2. The Kier molecular flexibility index (Phi) is 10.4. The molecule has 0 fully saturated rings. The topological polar surface area (TPSA) is 86.8 Å². The van der Waals surface area contributed by atoms with Gasteiger partial charge in [0.05, 0.1) is 10.6 Å². The lowest BCUT2D eigenvalue weighted by molar-refractivity contribution is -0.139. The van der Waals surface area contributed by atoms with Crippen LogP contribution in [-0.2, 0) is 26.2 Å². The number of halogens is 2. The Morgan fingerprint density at radius 1 is 0.923 bits per heavy atom. The Bertz CT molecular complexity index is 1410. The number of amides is 2. The minimum Gasteiger partial charge on any atom is -0.354 e. The highest BCUT2D eigenvalue weighted by Gasteiger charge is 2.32. The number of carbonyl (C=O) groups excluding carboxylic acids is 2. The summed E-state index contributed by atoms with van der Waals surface area (Å²) in [4.78, 5) is 28.2. The van der Waals surface area contributed by atoms with Gasteiger partial charge in [0.1, 0.15) is 12.6 Å². The first-order valence-corrected chi connectivity index (χ1v) is 14.8. The molecule has 1 N–H and O–H groups in total. The molecule has 0 saturated heterocycles. The molecule has 1 atom stereocenters. The minimum absolute atomic E-state index is 0.0120. The van der Waals surface area contributed by atoms with Crippen LogP contribution in [0, 0.1) is 13.8 Å². The van der Waals surface area contributed by atoms with Crippen LogP contribution in [0.4, 0.5) is 5.69 Å². The average molecular weight is 591 g/mol. The van der Waals surface area contributed by atoms with E-state index in [-0.39, 0.29) is 17.3 Å². The van der Waals surface area contributed by atoms with Crippen LogP contribution >= 0.6 is 23.2 Å². The van der Waals surface area contributed by atoms with Gasteiger partial charge in [-0.05, 0) is 69.2 Å². The van der Waals surface area contributed by atoms with Gasteiger partial charge in [-0.1, -0.05) is 71.6 Å². The van der Waals surface area contributed by atoms with E-state index in [0.717, 1.165) is 21.9 Å². The zero-order chi connectivity index (χ0) is 28.7. The van der Waals surface area contributed by atoms with Gasteiger partial charge in [0.15, 0.2) is 0 Å². The van der Waals surface area contributed by atoms with E-state index in [0.29, 0.717) is 27.8 Å². The van der Waals surface area contributed by atoms with Crippen LogP contribution in [0.15, 0.2) is 71.6 Å². The van der Waals surface area contributed by atoms with E-state index < -0.39 is 28.5 Å². The molecular formula is C29H33Cl2N3O4S. The Morgan fingerprint density at radius 3 is 2.08 bits per heavy atom. The van der Waals surface area contributed by atoms with Gasteiger partial charge in [-0.25, -0.2) is 8.42 Å². The van der Waals surface area contributed by atoms with E-state index in [4.69, 9.17) is 23.2 Å². The van der Waals surface area contributed by atoms with Crippen molar-refractivity contribution in [2.75, 3.05) is 17.4 Å². The van der Waals surface area contributed by atoms with Gasteiger partial charge in [-0.3, -0.25) is 13.9 Å². The molecule has 7 nitrogen and oxygen atoms in total. The van der Waals surface area contributed by atoms with Crippen LogP contribution in [0.1, 0.15) is 37.0 Å². The van der Waals surface area contributed by atoms with E-state index in [1.165, 1.54) is 17.0 Å². The average Bonchev–Trinajstić information content (AvgIpc) is 2.90. The number of rotatable bonds is 11. The lowest BCUT2D eigenvalue weighted by atomic mass is 10.1. The number of aryl methyl sites for hydroxylation is 2. The molecule has 0 spiro atoms. The fraction of sp³-hybridized carbons (Fsp3) is 0.310. The first-order chi connectivity index (χ1) is 18.4. The molecule has 0 heterocycles. The van der Waals surface area contributed by atoms with Crippen LogP contribution in [0.25, 0.3) is 0 Å². The molecule has 0 bridgehead atoms. The Labute approximate surface area is 240 Å². The third-order valence-electron chi connectivity index (χ3n) is 6.28. The summed E-state index contributed by atoms with van der Waals surface area (Å²) >= 11 is 12.4. The largest absolute Gasteiger partial charge is 0.354 e. The van der Waals surface area contributed by atoms with Crippen molar-refractivity contribution in [2.45, 2.75) is 51.6 Å². The first-order valence-electron chi connectivity index (χ1n) is 12.6. The molecule has 0 aliphatic carbocycles. The molecule has 0 unspecified atom stereocenters. The number of sulfonamides is 1. The number of hydrogen-bond acceptors (Lipinski definition) is 4. The predicted octanol–water partition coefficient (Wildman–Crippen LogP) is 5.75. The second-order valence-electron chi connectivity index (χ2n) is 9.38. The second kappa shape index (κ2) is 13.3. The number of benzene rings is 3. The van der Waals surface area contributed by atoms with E-state index in [9.17, 15) is 18.0 Å². The van der Waals surface area contributed by atoms with Crippen LogP contribution in [-0.4, -0.2) is 44.3 Å². The Balaban J connectivity index is 2.03.